The number of oxime groups is 1. The third kappa shape index (κ3) is 26.1. The van der Waals surface area contributed by atoms with Gasteiger partial charge in [-0.15, -0.1) is 0 Å². The second-order valence-corrected chi connectivity index (χ2v) is 3.00. The minimum absolute atomic E-state index is 0. The first-order valence-corrected chi connectivity index (χ1v) is 5.31. The molecule has 0 aromatic carbocycles. The molecule has 0 aliphatic carbocycles. The molecular weight excluding hydrogens is 246 g/mol. The third-order valence-electron chi connectivity index (χ3n) is 1.32. The topological polar surface area (TPSA) is 68.1 Å². The maximum absolute atomic E-state index is 9.86. The van der Waals surface area contributed by atoms with Crippen molar-refractivity contribution in [1.82, 2.24) is 0 Å². The van der Waals surface area contributed by atoms with Gasteiger partial charge in [0.2, 0.25) is 0 Å². The van der Waals surface area contributed by atoms with E-state index in [-0.39, 0.29) is 14.9 Å². The normalized spacial score (nSPS) is 10.5. The van der Waals surface area contributed by atoms with Crippen LogP contribution in [-0.2, 0) is 14.3 Å². The molecule has 0 aliphatic heterocycles. The fourth-order valence-electron chi connectivity index (χ4n) is 0.579. The fourth-order valence-corrected chi connectivity index (χ4v) is 0.579. The van der Waals surface area contributed by atoms with Crippen LogP contribution in [0.4, 0.5) is 0 Å². The molecule has 5 heteroatoms. The highest BCUT2D eigenvalue weighted by molar-refractivity contribution is 5.76. The number of ether oxygens (including phenoxy) is 2. The standard InChI is InChI=1S/C6H11NO2.C6H10O2.2CH4/c1-3-9-5-6(2)4-7-8;1-3-8-5-6(2)4-7;;/h4-5,8H,3H2,1-2H3;4-5H,3H2,1-2H3;2*1H4/b6-5+,7-4+;6-5+;;. The number of hydrogen-bond donors (Lipinski definition) is 1. The zero-order chi connectivity index (χ0) is 13.5. The van der Waals surface area contributed by atoms with Gasteiger partial charge in [0, 0.05) is 11.1 Å². The van der Waals surface area contributed by atoms with Crippen molar-refractivity contribution < 1.29 is 19.5 Å². The molecule has 114 valence electrons. The summed E-state index contributed by atoms with van der Waals surface area (Å²) in [4.78, 5) is 9.86. The molecule has 0 atom stereocenters. The number of aldehydes is 1. The van der Waals surface area contributed by atoms with Crippen molar-refractivity contribution in [1.29, 1.82) is 0 Å². The fraction of sp³-hybridized carbons (Fsp3) is 0.571. The van der Waals surface area contributed by atoms with E-state index in [4.69, 9.17) is 14.7 Å². The summed E-state index contributed by atoms with van der Waals surface area (Å²) in [5.41, 5.74) is 1.41. The number of nitrogens with zero attached hydrogens (tertiary/aromatic N) is 1. The average molecular weight is 275 g/mol. The van der Waals surface area contributed by atoms with Crippen molar-refractivity contribution in [2.45, 2.75) is 42.5 Å². The Bertz CT molecular complexity index is 271. The summed E-state index contributed by atoms with van der Waals surface area (Å²) in [6, 6.07) is 0. The Kier molecular flexibility index (Phi) is 29.3. The van der Waals surface area contributed by atoms with Crippen LogP contribution < -0.4 is 0 Å². The second-order valence-electron chi connectivity index (χ2n) is 3.00. The molecule has 0 spiro atoms. The van der Waals surface area contributed by atoms with Crippen LogP contribution in [0.1, 0.15) is 42.5 Å². The quantitative estimate of drug-likeness (QED) is 0.200. The lowest BCUT2D eigenvalue weighted by molar-refractivity contribution is -0.105. The predicted octanol–water partition coefficient (Wildman–Crippen LogP) is 3.78. The van der Waals surface area contributed by atoms with Gasteiger partial charge in [0.1, 0.15) is 6.29 Å². The van der Waals surface area contributed by atoms with Gasteiger partial charge in [0.25, 0.3) is 0 Å². The van der Waals surface area contributed by atoms with E-state index in [1.165, 1.54) is 12.5 Å². The van der Waals surface area contributed by atoms with Gasteiger partial charge in [-0.05, 0) is 27.7 Å². The Morgan fingerprint density at radius 2 is 1.47 bits per heavy atom. The monoisotopic (exact) mass is 275 g/mol. The van der Waals surface area contributed by atoms with Crippen LogP contribution in [0.15, 0.2) is 28.8 Å². The Hall–Kier alpha value is -1.78. The van der Waals surface area contributed by atoms with E-state index in [0.29, 0.717) is 18.8 Å². The molecule has 0 saturated heterocycles. The van der Waals surface area contributed by atoms with Gasteiger partial charge in [0.05, 0.1) is 32.0 Å². The van der Waals surface area contributed by atoms with Crippen LogP contribution in [0.3, 0.4) is 0 Å². The van der Waals surface area contributed by atoms with Crippen LogP contribution in [0.2, 0.25) is 0 Å². The number of allylic oxidation sites excluding steroid dienone is 2. The molecule has 0 amide bonds. The van der Waals surface area contributed by atoms with Gasteiger partial charge in [-0.1, -0.05) is 20.0 Å². The average Bonchev–Trinajstić information content (AvgIpc) is 2.34. The van der Waals surface area contributed by atoms with E-state index < -0.39 is 0 Å². The molecule has 0 aliphatic rings. The van der Waals surface area contributed by atoms with E-state index in [1.807, 2.05) is 13.8 Å². The smallest absolute Gasteiger partial charge is 0.148 e. The highest BCUT2D eigenvalue weighted by Crippen LogP contribution is 1.87. The van der Waals surface area contributed by atoms with Crippen molar-refractivity contribution in [2.75, 3.05) is 13.2 Å². The lowest BCUT2D eigenvalue weighted by Gasteiger charge is -1.92. The van der Waals surface area contributed by atoms with Crippen molar-refractivity contribution in [3.05, 3.63) is 23.7 Å². The molecule has 0 bridgehead atoms. The molecule has 0 aromatic rings. The van der Waals surface area contributed by atoms with E-state index >= 15 is 0 Å². The molecule has 1 N–H and O–H groups in total. The molecule has 0 radical (unpaired) electrons. The molecule has 0 rings (SSSR count). The third-order valence-corrected chi connectivity index (χ3v) is 1.32. The van der Waals surface area contributed by atoms with Crippen LogP contribution >= 0.6 is 0 Å². The largest absolute Gasteiger partial charge is 0.501 e. The minimum atomic E-state index is 0. The summed E-state index contributed by atoms with van der Waals surface area (Å²) in [7, 11) is 0. The van der Waals surface area contributed by atoms with Gasteiger partial charge in [-0.25, -0.2) is 0 Å². The zero-order valence-corrected chi connectivity index (χ0v) is 10.8. The summed E-state index contributed by atoms with van der Waals surface area (Å²) >= 11 is 0. The van der Waals surface area contributed by atoms with Gasteiger partial charge >= 0.3 is 0 Å². The SMILES string of the molecule is C.C.CCO/C=C(C)/C=N/O.CCO/C=C(\C)C=O. The van der Waals surface area contributed by atoms with Crippen LogP contribution in [0.25, 0.3) is 0 Å². The Morgan fingerprint density at radius 1 is 1.05 bits per heavy atom. The first-order valence-electron chi connectivity index (χ1n) is 5.31. The first-order chi connectivity index (χ1) is 8.12. The Balaban J connectivity index is -0.000000108. The summed E-state index contributed by atoms with van der Waals surface area (Å²) in [6.45, 7) is 8.49. The molecule has 5 nitrogen and oxygen atoms in total. The van der Waals surface area contributed by atoms with E-state index in [9.17, 15) is 4.79 Å². The summed E-state index contributed by atoms with van der Waals surface area (Å²) in [6.07, 6.45) is 5.07. The van der Waals surface area contributed by atoms with Crippen LogP contribution in [0.5, 0.6) is 0 Å². The van der Waals surface area contributed by atoms with Crippen molar-refractivity contribution in [3.63, 3.8) is 0 Å². The number of hydrogen-bond acceptors (Lipinski definition) is 5. The molecule has 0 fully saturated rings. The van der Waals surface area contributed by atoms with E-state index in [1.54, 1.807) is 20.1 Å². The van der Waals surface area contributed by atoms with Crippen LogP contribution in [-0.4, -0.2) is 30.9 Å². The van der Waals surface area contributed by atoms with Crippen molar-refractivity contribution in [3.8, 4) is 0 Å². The molecule has 0 saturated carbocycles. The van der Waals surface area contributed by atoms with Gasteiger partial charge in [-0.3, -0.25) is 4.79 Å². The summed E-state index contributed by atoms with van der Waals surface area (Å²) in [5, 5.41) is 10.8. The highest BCUT2D eigenvalue weighted by Gasteiger charge is 1.80. The first kappa shape index (κ1) is 25.9. The van der Waals surface area contributed by atoms with Crippen molar-refractivity contribution in [2.24, 2.45) is 5.16 Å². The lowest BCUT2D eigenvalue weighted by Crippen LogP contribution is -1.82. The molecular formula is C14H29NO4. The molecule has 0 aromatic heterocycles. The maximum atomic E-state index is 9.86. The number of carbonyl (C=O) groups is 1. The molecule has 0 unspecified atom stereocenters. The Morgan fingerprint density at radius 3 is 1.79 bits per heavy atom. The second kappa shape index (κ2) is 21.5. The lowest BCUT2D eigenvalue weighted by atomic mass is 10.4. The number of rotatable bonds is 6. The van der Waals surface area contributed by atoms with Gasteiger partial charge in [0.15, 0.2) is 0 Å². The predicted molar refractivity (Wildman–Crippen MR) is 80.6 cm³/mol. The van der Waals surface area contributed by atoms with Crippen molar-refractivity contribution >= 4 is 12.5 Å². The molecule has 19 heavy (non-hydrogen) atoms. The zero-order valence-electron chi connectivity index (χ0n) is 10.8. The highest BCUT2D eigenvalue weighted by atomic mass is 16.5. The van der Waals surface area contributed by atoms with E-state index in [0.717, 1.165) is 11.9 Å². The van der Waals surface area contributed by atoms with E-state index in [2.05, 4.69) is 5.16 Å². The van der Waals surface area contributed by atoms with Gasteiger partial charge in [-0.2, -0.15) is 0 Å². The summed E-state index contributed by atoms with van der Waals surface area (Å²) in [5.74, 6) is 0. The maximum Gasteiger partial charge on any atom is 0.148 e. The number of carbonyl (C=O) groups excluding carboxylic acids is 1. The molecule has 0 heterocycles. The summed E-state index contributed by atoms with van der Waals surface area (Å²) < 4.78 is 9.68. The van der Waals surface area contributed by atoms with Gasteiger partial charge < -0.3 is 14.7 Å². The Labute approximate surface area is 117 Å². The van der Waals surface area contributed by atoms with Crippen LogP contribution in [0, 0.1) is 0 Å². The minimum Gasteiger partial charge on any atom is -0.501 e.